The Hall–Kier alpha value is -2.66. The van der Waals surface area contributed by atoms with E-state index in [1.807, 2.05) is 19.2 Å². The topological polar surface area (TPSA) is 63.9 Å². The molecule has 1 aromatic carbocycles. The molecule has 0 radical (unpaired) electrons. The lowest BCUT2D eigenvalue weighted by molar-refractivity contribution is 0.186. The Bertz CT molecular complexity index is 1010. The molecule has 0 aliphatic carbocycles. The van der Waals surface area contributed by atoms with E-state index in [0.717, 1.165) is 39.1 Å². The molecule has 4 aromatic rings. The number of pyridine rings is 1. The lowest BCUT2D eigenvalue weighted by atomic mass is 10.0. The lowest BCUT2D eigenvalue weighted by Gasteiger charge is -2.08. The maximum absolute atomic E-state index is 5.44. The van der Waals surface area contributed by atoms with Crippen LogP contribution in [-0.4, -0.2) is 22.2 Å². The number of methoxy groups -OCH3 is 1. The van der Waals surface area contributed by atoms with Crippen molar-refractivity contribution in [3.05, 3.63) is 47.3 Å². The van der Waals surface area contributed by atoms with Gasteiger partial charge in [-0.15, -0.1) is 0 Å². The van der Waals surface area contributed by atoms with Crippen LogP contribution in [0.2, 0.25) is 0 Å². The summed E-state index contributed by atoms with van der Waals surface area (Å²) in [5.74, 6) is 0.764. The van der Waals surface area contributed by atoms with Gasteiger partial charge in [-0.1, -0.05) is 16.8 Å². The number of nitrogens with one attached hydrogen (secondary N) is 1. The summed E-state index contributed by atoms with van der Waals surface area (Å²) in [4.78, 5) is 8.02. The van der Waals surface area contributed by atoms with Crippen LogP contribution in [0.5, 0.6) is 0 Å². The first-order valence-corrected chi connectivity index (χ1v) is 7.50. The summed E-state index contributed by atoms with van der Waals surface area (Å²) in [5.41, 5.74) is 5.88. The minimum atomic E-state index is 0.465. The first-order valence-electron chi connectivity index (χ1n) is 7.50. The van der Waals surface area contributed by atoms with E-state index < -0.39 is 0 Å². The molecule has 0 spiro atoms. The van der Waals surface area contributed by atoms with Crippen LogP contribution in [0.15, 0.2) is 35.0 Å². The average molecular weight is 307 g/mol. The molecule has 0 unspecified atom stereocenters. The molecule has 3 heterocycles. The summed E-state index contributed by atoms with van der Waals surface area (Å²) >= 11 is 0. The van der Waals surface area contributed by atoms with Gasteiger partial charge in [0, 0.05) is 35.0 Å². The summed E-state index contributed by atoms with van der Waals surface area (Å²) in [5, 5.41) is 6.43. The summed E-state index contributed by atoms with van der Waals surface area (Å²) in [7, 11) is 1.69. The standard InChI is InChI=1S/C18H17N3O2/c1-10-4-5-14-12(6-10)17-13(9-22-3)18(19-8-16(17)20-14)15-7-11(2)23-21-15/h4-8,20H,9H2,1-3H3. The van der Waals surface area contributed by atoms with Crippen molar-refractivity contribution in [1.29, 1.82) is 0 Å². The van der Waals surface area contributed by atoms with Crippen LogP contribution in [-0.2, 0) is 11.3 Å². The predicted molar refractivity (Wildman–Crippen MR) is 89.3 cm³/mol. The zero-order valence-electron chi connectivity index (χ0n) is 13.3. The number of nitrogens with zero attached hydrogens (tertiary/aromatic N) is 2. The minimum absolute atomic E-state index is 0.465. The van der Waals surface area contributed by atoms with Crippen molar-refractivity contribution < 1.29 is 9.26 Å². The summed E-state index contributed by atoms with van der Waals surface area (Å²) in [6.45, 7) is 4.43. The van der Waals surface area contributed by atoms with E-state index in [-0.39, 0.29) is 0 Å². The minimum Gasteiger partial charge on any atom is -0.380 e. The molecule has 0 saturated heterocycles. The molecule has 5 nitrogen and oxygen atoms in total. The van der Waals surface area contributed by atoms with Gasteiger partial charge in [0.2, 0.25) is 0 Å². The molecule has 0 fully saturated rings. The highest BCUT2D eigenvalue weighted by Gasteiger charge is 2.17. The van der Waals surface area contributed by atoms with Gasteiger partial charge in [-0.2, -0.15) is 0 Å². The first-order chi connectivity index (χ1) is 11.2. The second-order valence-electron chi connectivity index (χ2n) is 5.80. The first kappa shape index (κ1) is 14.0. The van der Waals surface area contributed by atoms with Crippen LogP contribution in [0.4, 0.5) is 0 Å². The smallest absolute Gasteiger partial charge is 0.134 e. The molecule has 5 heteroatoms. The van der Waals surface area contributed by atoms with Gasteiger partial charge in [-0.3, -0.25) is 4.98 Å². The lowest BCUT2D eigenvalue weighted by Crippen LogP contribution is -1.96. The summed E-state index contributed by atoms with van der Waals surface area (Å²) in [6.07, 6.45) is 1.85. The fourth-order valence-electron chi connectivity index (χ4n) is 3.06. The van der Waals surface area contributed by atoms with E-state index in [2.05, 4.69) is 40.2 Å². The molecule has 3 aromatic heterocycles. The van der Waals surface area contributed by atoms with Gasteiger partial charge in [0.1, 0.15) is 11.5 Å². The fourth-order valence-corrected chi connectivity index (χ4v) is 3.06. The number of rotatable bonds is 3. The van der Waals surface area contributed by atoms with E-state index in [4.69, 9.17) is 9.26 Å². The largest absolute Gasteiger partial charge is 0.380 e. The average Bonchev–Trinajstić information content (AvgIpc) is 3.11. The maximum atomic E-state index is 5.44. The number of hydrogen-bond donors (Lipinski definition) is 1. The van der Waals surface area contributed by atoms with Crippen molar-refractivity contribution >= 4 is 21.8 Å². The molecule has 0 atom stereocenters. The molecule has 23 heavy (non-hydrogen) atoms. The number of aromatic nitrogens is 3. The fraction of sp³-hybridized carbons (Fsp3) is 0.222. The molecule has 4 rings (SSSR count). The van der Waals surface area contributed by atoms with E-state index >= 15 is 0 Å². The van der Waals surface area contributed by atoms with Crippen molar-refractivity contribution in [2.24, 2.45) is 0 Å². The third-order valence-corrected chi connectivity index (χ3v) is 4.05. The second kappa shape index (κ2) is 5.21. The third-order valence-electron chi connectivity index (χ3n) is 4.05. The van der Waals surface area contributed by atoms with E-state index in [1.165, 1.54) is 10.9 Å². The van der Waals surface area contributed by atoms with Crippen molar-refractivity contribution in [3.63, 3.8) is 0 Å². The van der Waals surface area contributed by atoms with E-state index in [1.54, 1.807) is 7.11 Å². The van der Waals surface area contributed by atoms with Crippen LogP contribution >= 0.6 is 0 Å². The highest BCUT2D eigenvalue weighted by atomic mass is 16.5. The van der Waals surface area contributed by atoms with Crippen molar-refractivity contribution in [2.45, 2.75) is 20.5 Å². The molecular weight excluding hydrogens is 290 g/mol. The Morgan fingerprint density at radius 1 is 1.17 bits per heavy atom. The molecular formula is C18H17N3O2. The van der Waals surface area contributed by atoms with Crippen LogP contribution in [0.1, 0.15) is 16.9 Å². The number of aryl methyl sites for hydroxylation is 2. The number of hydrogen-bond acceptors (Lipinski definition) is 4. The van der Waals surface area contributed by atoms with Crippen LogP contribution in [0.25, 0.3) is 33.2 Å². The molecule has 0 saturated carbocycles. The van der Waals surface area contributed by atoms with Gasteiger partial charge in [0.05, 0.1) is 24.0 Å². The number of ether oxygens (including phenoxy) is 1. The monoisotopic (exact) mass is 307 g/mol. The SMILES string of the molecule is COCc1c(-c2cc(C)on2)ncc2[nH]c3ccc(C)cc3c12. The predicted octanol–water partition coefficient (Wildman–Crippen LogP) is 4.13. The molecule has 0 amide bonds. The summed E-state index contributed by atoms with van der Waals surface area (Å²) in [6, 6.07) is 8.28. The number of aromatic amines is 1. The van der Waals surface area contributed by atoms with Gasteiger partial charge < -0.3 is 14.2 Å². The Kier molecular flexibility index (Phi) is 3.16. The Balaban J connectivity index is 2.09. The van der Waals surface area contributed by atoms with Crippen molar-refractivity contribution in [1.82, 2.24) is 15.1 Å². The van der Waals surface area contributed by atoms with Gasteiger partial charge in [0.25, 0.3) is 0 Å². The molecule has 0 aliphatic rings. The van der Waals surface area contributed by atoms with Crippen LogP contribution in [0, 0.1) is 13.8 Å². The Morgan fingerprint density at radius 2 is 2.04 bits per heavy atom. The highest BCUT2D eigenvalue weighted by Crippen LogP contribution is 2.34. The summed E-state index contributed by atoms with van der Waals surface area (Å²) < 4.78 is 10.7. The van der Waals surface area contributed by atoms with Crippen molar-refractivity contribution in [2.75, 3.05) is 7.11 Å². The molecule has 1 N–H and O–H groups in total. The van der Waals surface area contributed by atoms with Gasteiger partial charge in [-0.05, 0) is 26.0 Å². The maximum Gasteiger partial charge on any atom is 0.134 e. The second-order valence-corrected chi connectivity index (χ2v) is 5.80. The number of H-pyrrole nitrogens is 1. The van der Waals surface area contributed by atoms with Gasteiger partial charge in [0.15, 0.2) is 0 Å². The number of benzene rings is 1. The quantitative estimate of drug-likeness (QED) is 0.618. The molecule has 116 valence electrons. The van der Waals surface area contributed by atoms with E-state index in [0.29, 0.717) is 6.61 Å². The Morgan fingerprint density at radius 3 is 2.78 bits per heavy atom. The van der Waals surface area contributed by atoms with Gasteiger partial charge >= 0.3 is 0 Å². The van der Waals surface area contributed by atoms with Gasteiger partial charge in [-0.25, -0.2) is 0 Å². The number of fused-ring (bicyclic) bond motifs is 3. The van der Waals surface area contributed by atoms with E-state index in [9.17, 15) is 0 Å². The van der Waals surface area contributed by atoms with Crippen LogP contribution < -0.4 is 0 Å². The third kappa shape index (κ3) is 2.21. The zero-order chi connectivity index (χ0) is 16.0. The molecule has 0 aliphatic heterocycles. The highest BCUT2D eigenvalue weighted by molar-refractivity contribution is 6.10. The zero-order valence-corrected chi connectivity index (χ0v) is 13.3. The van der Waals surface area contributed by atoms with Crippen molar-refractivity contribution in [3.8, 4) is 11.4 Å². The normalized spacial score (nSPS) is 11.6. The molecule has 0 bridgehead atoms. The van der Waals surface area contributed by atoms with Crippen LogP contribution in [0.3, 0.4) is 0 Å². The Labute approximate surface area is 133 Å².